The van der Waals surface area contributed by atoms with E-state index < -0.39 is 12.0 Å². The summed E-state index contributed by atoms with van der Waals surface area (Å²) in [5.74, 6) is 2.27. The summed E-state index contributed by atoms with van der Waals surface area (Å²) in [6.45, 7) is 2.63. The lowest BCUT2D eigenvalue weighted by Crippen LogP contribution is -2.31. The topological polar surface area (TPSA) is 78.3 Å². The van der Waals surface area contributed by atoms with Crippen LogP contribution in [0.25, 0.3) is 0 Å². The second-order valence-electron chi connectivity index (χ2n) is 3.34. The third-order valence-electron chi connectivity index (χ3n) is 1.87. The highest BCUT2D eigenvalue weighted by Gasteiger charge is 2.13. The van der Waals surface area contributed by atoms with Crippen LogP contribution in [0.1, 0.15) is 39.0 Å². The second kappa shape index (κ2) is 9.50. The number of hydrogen-bond acceptors (Lipinski definition) is 4. The maximum atomic E-state index is 11.2. The zero-order valence-corrected chi connectivity index (χ0v) is 9.29. The minimum atomic E-state index is -0.576. The van der Waals surface area contributed by atoms with Crippen LogP contribution in [0.15, 0.2) is 0 Å². The standard InChI is InChI=1S/C11H20N2O2/c1-2-3-6-9-15-11(14)10(13)7-4-5-8-12/h10H,2-5,7-8,12-13H2,1H3/t10-/m0/s1. The van der Waals surface area contributed by atoms with E-state index in [1.165, 1.54) is 0 Å². The molecule has 0 spiro atoms. The molecule has 0 aliphatic heterocycles. The molecule has 0 aliphatic rings. The average molecular weight is 212 g/mol. The molecule has 0 rings (SSSR count). The van der Waals surface area contributed by atoms with Crippen LogP contribution in [0, 0.1) is 12.0 Å². The molecule has 0 bridgehead atoms. The third kappa shape index (κ3) is 7.98. The fourth-order valence-electron chi connectivity index (χ4n) is 0.965. The summed E-state index contributed by atoms with van der Waals surface area (Å²) < 4.78 is 4.68. The first-order valence-electron chi connectivity index (χ1n) is 5.36. The quantitative estimate of drug-likeness (QED) is 0.387. The van der Waals surface area contributed by atoms with Gasteiger partial charge in [0.15, 0.2) is 0 Å². The summed E-state index contributed by atoms with van der Waals surface area (Å²) in [7, 11) is 0. The zero-order valence-electron chi connectivity index (χ0n) is 9.29. The molecule has 0 fully saturated rings. The van der Waals surface area contributed by atoms with Crippen LogP contribution in [0.2, 0.25) is 0 Å². The SMILES string of the molecule is CCCC#COC(=O)[C@@H](N)CCCCN. The van der Waals surface area contributed by atoms with Gasteiger partial charge in [-0.15, -0.1) is 0 Å². The van der Waals surface area contributed by atoms with Gasteiger partial charge in [0.25, 0.3) is 0 Å². The molecule has 0 heterocycles. The van der Waals surface area contributed by atoms with Gasteiger partial charge in [-0.2, -0.15) is 0 Å². The number of carbonyl (C=O) groups excluding carboxylic acids is 1. The van der Waals surface area contributed by atoms with Crippen molar-refractivity contribution in [2.45, 2.75) is 45.1 Å². The van der Waals surface area contributed by atoms with Gasteiger partial charge in [0.1, 0.15) is 12.1 Å². The van der Waals surface area contributed by atoms with Gasteiger partial charge >= 0.3 is 5.97 Å². The summed E-state index contributed by atoms with van der Waals surface area (Å²) in [6, 6.07) is -0.576. The van der Waals surface area contributed by atoms with Crippen molar-refractivity contribution >= 4 is 5.97 Å². The van der Waals surface area contributed by atoms with Crippen molar-refractivity contribution in [1.82, 2.24) is 0 Å². The van der Waals surface area contributed by atoms with E-state index in [9.17, 15) is 4.79 Å². The fourth-order valence-corrected chi connectivity index (χ4v) is 0.965. The number of carbonyl (C=O) groups is 1. The highest BCUT2D eigenvalue weighted by molar-refractivity contribution is 5.76. The summed E-state index contributed by atoms with van der Waals surface area (Å²) in [6.07, 6.45) is 6.36. The molecule has 4 heteroatoms. The number of hydrogen-bond donors (Lipinski definition) is 2. The normalized spacial score (nSPS) is 11.4. The molecule has 4 nitrogen and oxygen atoms in total. The highest BCUT2D eigenvalue weighted by atomic mass is 16.5. The summed E-state index contributed by atoms with van der Waals surface area (Å²) in [5, 5.41) is 0. The lowest BCUT2D eigenvalue weighted by molar-refractivity contribution is -0.138. The van der Waals surface area contributed by atoms with E-state index in [4.69, 9.17) is 11.5 Å². The Morgan fingerprint density at radius 1 is 1.47 bits per heavy atom. The van der Waals surface area contributed by atoms with Crippen LogP contribution in [-0.4, -0.2) is 18.6 Å². The Hall–Kier alpha value is -1.05. The summed E-state index contributed by atoms with van der Waals surface area (Å²) in [4.78, 5) is 11.2. The molecule has 0 amide bonds. The molecule has 0 saturated carbocycles. The van der Waals surface area contributed by atoms with E-state index in [2.05, 4.69) is 16.8 Å². The maximum absolute atomic E-state index is 11.2. The Morgan fingerprint density at radius 2 is 2.20 bits per heavy atom. The van der Waals surface area contributed by atoms with Crippen molar-refractivity contribution in [2.24, 2.45) is 11.5 Å². The monoisotopic (exact) mass is 212 g/mol. The van der Waals surface area contributed by atoms with Crippen molar-refractivity contribution < 1.29 is 9.53 Å². The molecule has 0 unspecified atom stereocenters. The summed E-state index contributed by atoms with van der Waals surface area (Å²) in [5.41, 5.74) is 10.9. The van der Waals surface area contributed by atoms with Gasteiger partial charge in [-0.25, -0.2) is 4.79 Å². The minimum absolute atomic E-state index is 0.448. The zero-order chi connectivity index (χ0) is 11.5. The Labute approximate surface area is 91.3 Å². The Morgan fingerprint density at radius 3 is 2.80 bits per heavy atom. The van der Waals surface area contributed by atoms with Crippen LogP contribution in [0.3, 0.4) is 0 Å². The first-order chi connectivity index (χ1) is 7.22. The van der Waals surface area contributed by atoms with E-state index in [1.54, 1.807) is 0 Å². The largest absolute Gasteiger partial charge is 0.371 e. The number of nitrogens with two attached hydrogens (primary N) is 2. The van der Waals surface area contributed by atoms with E-state index in [1.807, 2.05) is 6.92 Å². The molecule has 0 aromatic heterocycles. The van der Waals surface area contributed by atoms with Gasteiger partial charge in [0.05, 0.1) is 0 Å². The second-order valence-corrected chi connectivity index (χ2v) is 3.34. The van der Waals surface area contributed by atoms with Gasteiger partial charge in [-0.1, -0.05) is 19.3 Å². The fraction of sp³-hybridized carbons (Fsp3) is 0.727. The molecule has 86 valence electrons. The average Bonchev–Trinajstić information content (AvgIpc) is 2.24. The first kappa shape index (κ1) is 13.9. The van der Waals surface area contributed by atoms with Crippen LogP contribution in [-0.2, 0) is 9.53 Å². The number of esters is 1. The van der Waals surface area contributed by atoms with Crippen molar-refractivity contribution in [1.29, 1.82) is 0 Å². The van der Waals surface area contributed by atoms with Crippen LogP contribution < -0.4 is 11.5 Å². The van der Waals surface area contributed by atoms with Gasteiger partial charge < -0.3 is 16.2 Å². The van der Waals surface area contributed by atoms with E-state index >= 15 is 0 Å². The number of ether oxygens (including phenoxy) is 1. The van der Waals surface area contributed by atoms with Gasteiger partial charge in [0.2, 0.25) is 0 Å². The van der Waals surface area contributed by atoms with E-state index in [-0.39, 0.29) is 0 Å². The predicted molar refractivity (Wildman–Crippen MR) is 59.7 cm³/mol. The molecular formula is C11H20N2O2. The summed E-state index contributed by atoms with van der Waals surface area (Å²) >= 11 is 0. The smallest absolute Gasteiger partial charge is 0.336 e. The highest BCUT2D eigenvalue weighted by Crippen LogP contribution is 1.99. The molecular weight excluding hydrogens is 192 g/mol. The third-order valence-corrected chi connectivity index (χ3v) is 1.87. The Kier molecular flexibility index (Phi) is 8.84. The van der Waals surface area contributed by atoms with Crippen molar-refractivity contribution in [3.05, 3.63) is 0 Å². The van der Waals surface area contributed by atoms with Crippen LogP contribution in [0.4, 0.5) is 0 Å². The number of unbranched alkanes of at least 4 members (excludes halogenated alkanes) is 2. The van der Waals surface area contributed by atoms with Crippen LogP contribution >= 0.6 is 0 Å². The minimum Gasteiger partial charge on any atom is -0.371 e. The van der Waals surface area contributed by atoms with Crippen molar-refractivity contribution in [3.8, 4) is 12.0 Å². The van der Waals surface area contributed by atoms with E-state index in [0.717, 1.165) is 25.7 Å². The number of rotatable bonds is 6. The maximum Gasteiger partial charge on any atom is 0.336 e. The van der Waals surface area contributed by atoms with Crippen LogP contribution in [0.5, 0.6) is 0 Å². The Balaban J connectivity index is 3.65. The van der Waals surface area contributed by atoms with Gasteiger partial charge in [-0.3, -0.25) is 0 Å². The molecule has 0 saturated heterocycles. The van der Waals surface area contributed by atoms with E-state index in [0.29, 0.717) is 13.0 Å². The predicted octanol–water partition coefficient (Wildman–Crippen LogP) is 0.747. The van der Waals surface area contributed by atoms with Gasteiger partial charge in [-0.05, 0) is 25.8 Å². The lowest BCUT2D eigenvalue weighted by Gasteiger charge is -2.06. The molecule has 0 radical (unpaired) electrons. The van der Waals surface area contributed by atoms with Crippen molar-refractivity contribution in [2.75, 3.05) is 6.54 Å². The molecule has 15 heavy (non-hydrogen) atoms. The molecule has 0 aliphatic carbocycles. The molecule has 1 atom stereocenters. The van der Waals surface area contributed by atoms with Gasteiger partial charge in [0, 0.05) is 6.42 Å². The molecule has 0 aromatic carbocycles. The van der Waals surface area contributed by atoms with Crippen molar-refractivity contribution in [3.63, 3.8) is 0 Å². The lowest BCUT2D eigenvalue weighted by atomic mass is 10.1. The molecule has 0 aromatic rings. The molecule has 4 N–H and O–H groups in total. The Bertz CT molecular complexity index is 230. The first-order valence-corrected chi connectivity index (χ1v) is 5.36.